The molecule has 4 rings (SSSR count). The summed E-state index contributed by atoms with van der Waals surface area (Å²) in [6.07, 6.45) is 4.19. The Bertz CT molecular complexity index is 1100. The van der Waals surface area contributed by atoms with E-state index in [0.717, 1.165) is 38.2 Å². The number of unbranched alkanes of at least 4 members (excludes halogenated alkanes) is 1. The molecule has 2 aromatic heterocycles. The predicted molar refractivity (Wildman–Crippen MR) is 123 cm³/mol. The van der Waals surface area contributed by atoms with Crippen molar-refractivity contribution in [2.24, 2.45) is 0 Å². The maximum atomic E-state index is 15.1. The van der Waals surface area contributed by atoms with Crippen molar-refractivity contribution in [1.29, 1.82) is 0 Å². The smallest absolute Gasteiger partial charge is 0.198 e. The Morgan fingerprint density at radius 1 is 1.20 bits per heavy atom. The van der Waals surface area contributed by atoms with Gasteiger partial charge in [-0.15, -0.1) is 11.3 Å². The van der Waals surface area contributed by atoms with Gasteiger partial charge in [0.1, 0.15) is 5.82 Å². The van der Waals surface area contributed by atoms with E-state index in [2.05, 4.69) is 21.7 Å². The molecule has 0 unspecified atom stereocenters. The lowest BCUT2D eigenvalue weighted by molar-refractivity contribution is 0.253. The number of hydrogen-bond donors (Lipinski definition) is 1. The third kappa shape index (κ3) is 3.94. The highest BCUT2D eigenvalue weighted by Crippen LogP contribution is 2.28. The third-order valence-electron chi connectivity index (χ3n) is 5.83. The molecule has 1 aromatic carbocycles. The monoisotopic (exact) mass is 429 g/mol. The SMILES string of the molecule is CCCCN1CCN(c2cc3c(cc2F)c(=O)c(-c2csc(N)n2)cn3CC)CC1. The number of rotatable bonds is 6. The Kier molecular flexibility index (Phi) is 6.06. The van der Waals surface area contributed by atoms with E-state index in [1.54, 1.807) is 5.38 Å². The molecule has 2 N–H and O–H groups in total. The fraction of sp³-hybridized carbons (Fsp3) is 0.455. The van der Waals surface area contributed by atoms with Crippen molar-refractivity contribution in [3.05, 3.63) is 39.8 Å². The number of nitrogen functional groups attached to an aromatic ring is 1. The lowest BCUT2D eigenvalue weighted by atomic mass is 10.1. The van der Waals surface area contributed by atoms with Crippen molar-refractivity contribution in [2.45, 2.75) is 33.2 Å². The topological polar surface area (TPSA) is 67.4 Å². The van der Waals surface area contributed by atoms with E-state index in [1.807, 2.05) is 23.8 Å². The van der Waals surface area contributed by atoms with Gasteiger partial charge in [0.25, 0.3) is 0 Å². The van der Waals surface area contributed by atoms with Crippen LogP contribution in [0.2, 0.25) is 0 Å². The van der Waals surface area contributed by atoms with Crippen molar-refractivity contribution >= 4 is 33.1 Å². The van der Waals surface area contributed by atoms with Crippen LogP contribution in [0.25, 0.3) is 22.2 Å². The maximum absolute atomic E-state index is 15.1. The highest BCUT2D eigenvalue weighted by atomic mass is 32.1. The number of pyridine rings is 1. The first-order valence-corrected chi connectivity index (χ1v) is 11.4. The van der Waals surface area contributed by atoms with Gasteiger partial charge in [0, 0.05) is 49.7 Å². The van der Waals surface area contributed by atoms with E-state index < -0.39 is 0 Å². The molecule has 0 atom stereocenters. The van der Waals surface area contributed by atoms with Crippen LogP contribution in [0.1, 0.15) is 26.7 Å². The Labute approximate surface area is 179 Å². The van der Waals surface area contributed by atoms with Crippen molar-refractivity contribution in [2.75, 3.05) is 43.4 Å². The molecule has 0 bridgehead atoms. The number of anilines is 2. The number of halogens is 1. The molecule has 0 amide bonds. The number of aryl methyl sites for hydroxylation is 1. The molecule has 0 spiro atoms. The summed E-state index contributed by atoms with van der Waals surface area (Å²) in [6.45, 7) is 9.42. The summed E-state index contributed by atoms with van der Waals surface area (Å²) in [5.74, 6) is -0.348. The summed E-state index contributed by atoms with van der Waals surface area (Å²) >= 11 is 1.29. The quantitative estimate of drug-likeness (QED) is 0.646. The van der Waals surface area contributed by atoms with Crippen LogP contribution in [0.4, 0.5) is 15.2 Å². The van der Waals surface area contributed by atoms with Gasteiger partial charge in [0.2, 0.25) is 0 Å². The average Bonchev–Trinajstić information content (AvgIpc) is 3.19. The van der Waals surface area contributed by atoms with Crippen molar-refractivity contribution in [3.63, 3.8) is 0 Å². The fourth-order valence-electron chi connectivity index (χ4n) is 4.09. The molecular weight excluding hydrogens is 401 g/mol. The lowest BCUT2D eigenvalue weighted by Gasteiger charge is -2.36. The molecule has 0 saturated carbocycles. The van der Waals surface area contributed by atoms with Crippen LogP contribution in [0, 0.1) is 5.82 Å². The highest BCUT2D eigenvalue weighted by Gasteiger charge is 2.22. The molecule has 1 fully saturated rings. The van der Waals surface area contributed by atoms with Gasteiger partial charge in [-0.25, -0.2) is 9.37 Å². The summed E-state index contributed by atoms with van der Waals surface area (Å²) in [6, 6.07) is 3.22. The molecule has 3 aromatic rings. The van der Waals surface area contributed by atoms with Gasteiger partial charge < -0.3 is 15.2 Å². The fourth-order valence-corrected chi connectivity index (χ4v) is 4.65. The second-order valence-corrected chi connectivity index (χ2v) is 8.62. The first kappa shape index (κ1) is 20.8. The molecule has 3 heterocycles. The first-order valence-electron chi connectivity index (χ1n) is 10.6. The number of benzene rings is 1. The molecule has 8 heteroatoms. The number of nitrogens with zero attached hydrogens (tertiary/aromatic N) is 4. The molecule has 0 aliphatic carbocycles. The minimum atomic E-state index is -0.348. The minimum Gasteiger partial charge on any atom is -0.375 e. The summed E-state index contributed by atoms with van der Waals surface area (Å²) in [5, 5.41) is 2.55. The Hall–Kier alpha value is -2.45. The van der Waals surface area contributed by atoms with Gasteiger partial charge in [-0.1, -0.05) is 13.3 Å². The minimum absolute atomic E-state index is 0.213. The molecule has 0 radical (unpaired) electrons. The first-order chi connectivity index (χ1) is 14.5. The Morgan fingerprint density at radius 2 is 1.97 bits per heavy atom. The van der Waals surface area contributed by atoms with Gasteiger partial charge in [-0.3, -0.25) is 9.69 Å². The summed E-state index contributed by atoms with van der Waals surface area (Å²) < 4.78 is 17.1. The zero-order valence-electron chi connectivity index (χ0n) is 17.5. The van der Waals surface area contributed by atoms with Crippen LogP contribution in [0.3, 0.4) is 0 Å². The van der Waals surface area contributed by atoms with Crippen LogP contribution in [-0.2, 0) is 6.54 Å². The van der Waals surface area contributed by atoms with Gasteiger partial charge in [0.15, 0.2) is 10.6 Å². The molecule has 1 aliphatic heterocycles. The van der Waals surface area contributed by atoms with Crippen molar-refractivity contribution in [1.82, 2.24) is 14.5 Å². The van der Waals surface area contributed by atoms with E-state index in [4.69, 9.17) is 5.73 Å². The van der Waals surface area contributed by atoms with Crippen LogP contribution in [0.15, 0.2) is 28.5 Å². The Morgan fingerprint density at radius 3 is 2.60 bits per heavy atom. The number of piperazine rings is 1. The van der Waals surface area contributed by atoms with Crippen molar-refractivity contribution < 1.29 is 4.39 Å². The largest absolute Gasteiger partial charge is 0.375 e. The zero-order chi connectivity index (χ0) is 21.3. The van der Waals surface area contributed by atoms with Gasteiger partial charge >= 0.3 is 0 Å². The summed E-state index contributed by atoms with van der Waals surface area (Å²) in [5.41, 5.74) is 7.85. The highest BCUT2D eigenvalue weighted by molar-refractivity contribution is 7.13. The summed E-state index contributed by atoms with van der Waals surface area (Å²) in [4.78, 5) is 21.9. The third-order valence-corrected chi connectivity index (χ3v) is 6.50. The van der Waals surface area contributed by atoms with Gasteiger partial charge in [-0.2, -0.15) is 0 Å². The van der Waals surface area contributed by atoms with E-state index in [9.17, 15) is 4.79 Å². The van der Waals surface area contributed by atoms with E-state index >= 15 is 4.39 Å². The number of aromatic nitrogens is 2. The molecular formula is C22H28FN5OS. The second kappa shape index (κ2) is 8.73. The van der Waals surface area contributed by atoms with E-state index in [1.165, 1.54) is 30.2 Å². The van der Waals surface area contributed by atoms with Crippen LogP contribution in [0.5, 0.6) is 0 Å². The standard InChI is InChI=1S/C22H28FN5OS/c1-3-5-6-26-7-9-28(10-8-26)20-12-19-15(11-17(20)23)21(29)16(13-27(19)4-2)18-14-30-22(24)25-18/h11-14H,3-10H2,1-2H3,(H2,24,25). The normalized spacial score (nSPS) is 15.2. The second-order valence-electron chi connectivity index (χ2n) is 7.73. The maximum Gasteiger partial charge on any atom is 0.198 e. The van der Waals surface area contributed by atoms with E-state index in [-0.39, 0.29) is 11.2 Å². The van der Waals surface area contributed by atoms with Crippen LogP contribution in [-0.4, -0.2) is 47.2 Å². The molecule has 160 valence electrons. The average molecular weight is 430 g/mol. The lowest BCUT2D eigenvalue weighted by Crippen LogP contribution is -2.46. The van der Waals surface area contributed by atoms with E-state index in [0.29, 0.717) is 34.0 Å². The number of hydrogen-bond acceptors (Lipinski definition) is 6. The zero-order valence-corrected chi connectivity index (χ0v) is 18.3. The Balaban J connectivity index is 1.71. The van der Waals surface area contributed by atoms with Crippen molar-refractivity contribution in [3.8, 4) is 11.3 Å². The number of fused-ring (bicyclic) bond motifs is 1. The van der Waals surface area contributed by atoms with Crippen LogP contribution >= 0.6 is 11.3 Å². The molecule has 1 saturated heterocycles. The van der Waals surface area contributed by atoms with Gasteiger partial charge in [-0.05, 0) is 32.0 Å². The predicted octanol–water partition coefficient (Wildman–Crippen LogP) is 3.79. The van der Waals surface area contributed by atoms with Crippen LogP contribution < -0.4 is 16.1 Å². The molecule has 30 heavy (non-hydrogen) atoms. The molecule has 6 nitrogen and oxygen atoms in total. The molecule has 1 aliphatic rings. The number of thiazole rings is 1. The summed E-state index contributed by atoms with van der Waals surface area (Å²) in [7, 11) is 0. The number of nitrogens with two attached hydrogens (primary N) is 1. The van der Waals surface area contributed by atoms with Gasteiger partial charge in [0.05, 0.1) is 22.5 Å².